The number of benzene rings is 1. The summed E-state index contributed by atoms with van der Waals surface area (Å²) in [7, 11) is 0. The summed E-state index contributed by atoms with van der Waals surface area (Å²) in [6.45, 7) is 3.15. The molecule has 0 saturated heterocycles. The monoisotopic (exact) mass is 274 g/mol. The summed E-state index contributed by atoms with van der Waals surface area (Å²) in [5.74, 6) is 9.02. The van der Waals surface area contributed by atoms with Gasteiger partial charge in [0.1, 0.15) is 5.75 Å². The molecule has 1 heterocycles. The highest BCUT2D eigenvalue weighted by Crippen LogP contribution is 2.36. The van der Waals surface area contributed by atoms with Crippen molar-refractivity contribution in [1.82, 2.24) is 5.43 Å². The molecule has 1 aromatic rings. The number of nitrogens with one attached hydrogen (secondary N) is 1. The van der Waals surface area contributed by atoms with Gasteiger partial charge < -0.3 is 4.74 Å². The van der Waals surface area contributed by atoms with Gasteiger partial charge in [-0.25, -0.2) is 0 Å². The Balaban J connectivity index is 1.68. The zero-order valence-corrected chi connectivity index (χ0v) is 12.3. The van der Waals surface area contributed by atoms with Gasteiger partial charge in [-0.1, -0.05) is 38.0 Å². The number of para-hydroxylation sites is 1. The van der Waals surface area contributed by atoms with Crippen molar-refractivity contribution in [1.29, 1.82) is 0 Å². The fraction of sp³-hybridized carbons (Fsp3) is 0.647. The molecule has 1 fully saturated rings. The SMILES string of the molecule is CC1CCC(C(NN)C2COc3ccccc3C2)CC1. The highest BCUT2D eigenvalue weighted by Gasteiger charge is 2.33. The summed E-state index contributed by atoms with van der Waals surface area (Å²) in [6, 6.07) is 8.77. The van der Waals surface area contributed by atoms with Crippen molar-refractivity contribution in [2.45, 2.75) is 45.1 Å². The second-order valence-corrected chi connectivity index (χ2v) is 6.60. The van der Waals surface area contributed by atoms with Crippen LogP contribution >= 0.6 is 0 Å². The van der Waals surface area contributed by atoms with Crippen molar-refractivity contribution in [3.8, 4) is 5.75 Å². The van der Waals surface area contributed by atoms with Crippen LogP contribution in [-0.2, 0) is 6.42 Å². The summed E-state index contributed by atoms with van der Waals surface area (Å²) < 4.78 is 5.94. The van der Waals surface area contributed by atoms with E-state index in [-0.39, 0.29) is 0 Å². The normalized spacial score (nSPS) is 31.2. The molecule has 2 unspecified atom stereocenters. The van der Waals surface area contributed by atoms with Crippen LogP contribution in [0.1, 0.15) is 38.2 Å². The molecule has 0 bridgehead atoms. The summed E-state index contributed by atoms with van der Waals surface area (Å²) in [5.41, 5.74) is 4.43. The lowest BCUT2D eigenvalue weighted by atomic mass is 9.74. The van der Waals surface area contributed by atoms with E-state index in [0.29, 0.717) is 17.9 Å². The maximum atomic E-state index is 5.94. The molecule has 0 amide bonds. The summed E-state index contributed by atoms with van der Waals surface area (Å²) in [4.78, 5) is 0. The van der Waals surface area contributed by atoms with E-state index in [0.717, 1.165) is 24.7 Å². The number of hydrogen-bond donors (Lipinski definition) is 2. The van der Waals surface area contributed by atoms with Crippen LogP contribution in [0.3, 0.4) is 0 Å². The fourth-order valence-corrected chi connectivity index (χ4v) is 3.88. The second kappa shape index (κ2) is 6.15. The molecule has 2 aliphatic rings. The summed E-state index contributed by atoms with van der Waals surface area (Å²) >= 11 is 0. The molecule has 110 valence electrons. The predicted molar refractivity (Wildman–Crippen MR) is 81.4 cm³/mol. The van der Waals surface area contributed by atoms with E-state index >= 15 is 0 Å². The largest absolute Gasteiger partial charge is 0.493 e. The Morgan fingerprint density at radius 1 is 1.15 bits per heavy atom. The molecule has 20 heavy (non-hydrogen) atoms. The van der Waals surface area contributed by atoms with Gasteiger partial charge in [-0.3, -0.25) is 11.3 Å². The molecule has 0 radical (unpaired) electrons. The molecule has 3 rings (SSSR count). The first-order chi connectivity index (χ1) is 9.78. The van der Waals surface area contributed by atoms with Crippen molar-refractivity contribution >= 4 is 0 Å². The Labute approximate surface area is 121 Å². The second-order valence-electron chi connectivity index (χ2n) is 6.60. The van der Waals surface area contributed by atoms with Crippen molar-refractivity contribution in [2.24, 2.45) is 23.6 Å². The first-order valence-electron chi connectivity index (χ1n) is 7.94. The highest BCUT2D eigenvalue weighted by atomic mass is 16.5. The van der Waals surface area contributed by atoms with Crippen LogP contribution in [-0.4, -0.2) is 12.6 Å². The van der Waals surface area contributed by atoms with Gasteiger partial charge in [-0.15, -0.1) is 0 Å². The van der Waals surface area contributed by atoms with Crippen molar-refractivity contribution < 1.29 is 4.74 Å². The minimum absolute atomic E-state index is 0.385. The molecule has 1 aliphatic carbocycles. The van der Waals surface area contributed by atoms with Crippen molar-refractivity contribution in [3.63, 3.8) is 0 Å². The van der Waals surface area contributed by atoms with E-state index in [1.807, 2.05) is 6.07 Å². The Bertz CT molecular complexity index is 440. The van der Waals surface area contributed by atoms with Crippen LogP contribution in [0.5, 0.6) is 5.75 Å². The van der Waals surface area contributed by atoms with Crippen LogP contribution in [0.15, 0.2) is 24.3 Å². The van der Waals surface area contributed by atoms with Crippen LogP contribution in [0.25, 0.3) is 0 Å². The minimum Gasteiger partial charge on any atom is -0.493 e. The molecule has 0 spiro atoms. The average molecular weight is 274 g/mol. The van der Waals surface area contributed by atoms with Gasteiger partial charge in [0.25, 0.3) is 0 Å². The lowest BCUT2D eigenvalue weighted by molar-refractivity contribution is 0.126. The molecule has 1 aliphatic heterocycles. The molecular weight excluding hydrogens is 248 g/mol. The van der Waals surface area contributed by atoms with E-state index in [9.17, 15) is 0 Å². The molecule has 1 aromatic carbocycles. The van der Waals surface area contributed by atoms with Gasteiger partial charge in [0, 0.05) is 12.0 Å². The van der Waals surface area contributed by atoms with E-state index in [1.54, 1.807) is 0 Å². The number of rotatable bonds is 3. The smallest absolute Gasteiger partial charge is 0.122 e. The highest BCUT2D eigenvalue weighted by molar-refractivity contribution is 5.35. The van der Waals surface area contributed by atoms with E-state index in [4.69, 9.17) is 10.6 Å². The zero-order valence-electron chi connectivity index (χ0n) is 12.3. The molecule has 0 aromatic heterocycles. The maximum absolute atomic E-state index is 5.94. The first-order valence-corrected chi connectivity index (χ1v) is 7.94. The number of fused-ring (bicyclic) bond motifs is 1. The first kappa shape index (κ1) is 13.9. The zero-order chi connectivity index (χ0) is 13.9. The number of ether oxygens (including phenoxy) is 1. The Morgan fingerprint density at radius 3 is 2.65 bits per heavy atom. The van der Waals surface area contributed by atoms with Gasteiger partial charge in [-0.05, 0) is 42.7 Å². The molecule has 1 saturated carbocycles. The fourth-order valence-electron chi connectivity index (χ4n) is 3.88. The van der Waals surface area contributed by atoms with E-state index in [1.165, 1.54) is 31.2 Å². The summed E-state index contributed by atoms with van der Waals surface area (Å²) in [6.07, 6.45) is 6.36. The standard InChI is InChI=1S/C17H26N2O/c1-12-6-8-13(9-7-12)17(19-18)15-10-14-4-2-3-5-16(14)20-11-15/h2-5,12-13,15,17,19H,6-11,18H2,1H3. The summed E-state index contributed by atoms with van der Waals surface area (Å²) in [5, 5.41) is 0. The topological polar surface area (TPSA) is 47.3 Å². The van der Waals surface area contributed by atoms with Crippen LogP contribution < -0.4 is 16.0 Å². The lowest BCUT2D eigenvalue weighted by Crippen LogP contribution is -2.50. The number of hydrazine groups is 1. The van der Waals surface area contributed by atoms with Crippen molar-refractivity contribution in [3.05, 3.63) is 29.8 Å². The molecular formula is C17H26N2O. The average Bonchev–Trinajstić information content (AvgIpc) is 2.50. The Hall–Kier alpha value is -1.06. The quantitative estimate of drug-likeness (QED) is 0.658. The van der Waals surface area contributed by atoms with E-state index < -0.39 is 0 Å². The third kappa shape index (κ3) is 2.84. The van der Waals surface area contributed by atoms with Crippen LogP contribution in [0.2, 0.25) is 0 Å². The number of nitrogens with two attached hydrogens (primary N) is 1. The van der Waals surface area contributed by atoms with Crippen LogP contribution in [0, 0.1) is 17.8 Å². The van der Waals surface area contributed by atoms with Crippen LogP contribution in [0.4, 0.5) is 0 Å². The van der Waals surface area contributed by atoms with E-state index in [2.05, 4.69) is 30.5 Å². The molecule has 2 atom stereocenters. The van der Waals surface area contributed by atoms with Gasteiger partial charge in [-0.2, -0.15) is 0 Å². The molecule has 3 N–H and O–H groups in total. The molecule has 3 nitrogen and oxygen atoms in total. The van der Waals surface area contributed by atoms with Gasteiger partial charge >= 0.3 is 0 Å². The van der Waals surface area contributed by atoms with Gasteiger partial charge in [0.2, 0.25) is 0 Å². The third-order valence-corrected chi connectivity index (χ3v) is 5.18. The third-order valence-electron chi connectivity index (χ3n) is 5.18. The Morgan fingerprint density at radius 2 is 1.90 bits per heavy atom. The maximum Gasteiger partial charge on any atom is 0.122 e. The van der Waals surface area contributed by atoms with Gasteiger partial charge in [0.15, 0.2) is 0 Å². The molecule has 3 heteroatoms. The number of hydrogen-bond acceptors (Lipinski definition) is 3. The Kier molecular flexibility index (Phi) is 4.27. The van der Waals surface area contributed by atoms with Crippen molar-refractivity contribution in [2.75, 3.05) is 6.61 Å². The predicted octanol–water partition coefficient (Wildman–Crippen LogP) is 2.90. The minimum atomic E-state index is 0.385. The van der Waals surface area contributed by atoms with Gasteiger partial charge in [0.05, 0.1) is 6.61 Å². The lowest BCUT2D eigenvalue weighted by Gasteiger charge is -2.38.